The molecule has 2 saturated carbocycles. The van der Waals surface area contributed by atoms with Gasteiger partial charge >= 0.3 is 5.97 Å². The number of hydrogen-bond acceptors (Lipinski definition) is 10. The van der Waals surface area contributed by atoms with E-state index >= 15 is 0 Å². The summed E-state index contributed by atoms with van der Waals surface area (Å²) in [6.07, 6.45) is 30.2. The van der Waals surface area contributed by atoms with Crippen LogP contribution in [0.2, 0.25) is 0 Å². The summed E-state index contributed by atoms with van der Waals surface area (Å²) in [4.78, 5) is 34.3. The Labute approximate surface area is 446 Å². The number of hydrogen-bond donors (Lipinski definition) is 7. The van der Waals surface area contributed by atoms with E-state index in [-0.39, 0.29) is 36.9 Å². The zero-order valence-corrected chi connectivity index (χ0v) is 50.3. The molecule has 11 nitrogen and oxygen atoms in total. The minimum atomic E-state index is -0.230. The predicted octanol–water partition coefficient (Wildman–Crippen LogP) is 13.3. The SMILES string of the molecule is C/C1=C\C=C2/C(CCCC(OC(=O)CCC=O)C1)CCC1(C)C(CCCCC(C)C)CCC21.C=CNCCC(NC)C(=O)NCCC(C)C.CC.CC(C)CCO.CCCC(C)C.CCCCO.CO.CO. The van der Waals surface area contributed by atoms with Gasteiger partial charge in [0.05, 0.1) is 12.5 Å². The van der Waals surface area contributed by atoms with Crippen molar-refractivity contribution in [1.29, 1.82) is 0 Å². The summed E-state index contributed by atoms with van der Waals surface area (Å²) in [5, 5.41) is 39.2. The number of esters is 1. The first kappa shape index (κ1) is 78.3. The second-order valence-electron chi connectivity index (χ2n) is 21.3. The monoisotopic (exact) mass is 1030 g/mol. The molecular formula is C61H123N3O8. The van der Waals surface area contributed by atoms with Crippen molar-refractivity contribution in [2.45, 2.75) is 244 Å². The Morgan fingerprint density at radius 3 is 1.85 bits per heavy atom. The van der Waals surface area contributed by atoms with Crippen molar-refractivity contribution in [1.82, 2.24) is 16.0 Å². The van der Waals surface area contributed by atoms with Gasteiger partial charge in [-0.2, -0.15) is 0 Å². The summed E-state index contributed by atoms with van der Waals surface area (Å²) in [7, 11) is 3.81. The molecule has 72 heavy (non-hydrogen) atoms. The molecule has 11 heteroatoms. The molecule has 6 unspecified atom stereocenters. The lowest BCUT2D eigenvalue weighted by atomic mass is 9.59. The highest BCUT2D eigenvalue weighted by molar-refractivity contribution is 5.81. The Morgan fingerprint density at radius 2 is 1.39 bits per heavy atom. The third-order valence-electron chi connectivity index (χ3n) is 13.5. The van der Waals surface area contributed by atoms with Crippen LogP contribution in [0.25, 0.3) is 0 Å². The molecule has 6 atom stereocenters. The van der Waals surface area contributed by atoms with Gasteiger partial charge in [-0.3, -0.25) is 9.59 Å². The molecule has 0 radical (unpaired) electrons. The van der Waals surface area contributed by atoms with Crippen LogP contribution in [-0.4, -0.2) is 98.3 Å². The molecule has 2 fully saturated rings. The van der Waals surface area contributed by atoms with E-state index in [4.69, 9.17) is 25.2 Å². The van der Waals surface area contributed by atoms with Gasteiger partial charge in [0.1, 0.15) is 12.4 Å². The highest BCUT2D eigenvalue weighted by Gasteiger charge is 2.50. The minimum Gasteiger partial charge on any atom is -0.462 e. The Balaban J connectivity index is -0.000000317. The summed E-state index contributed by atoms with van der Waals surface area (Å²) in [6.45, 7) is 36.5. The maximum atomic E-state index is 12.1. The van der Waals surface area contributed by atoms with Gasteiger partial charge in [-0.15, -0.1) is 0 Å². The fourth-order valence-corrected chi connectivity index (χ4v) is 9.37. The number of carbonyl (C=O) groups is 3. The lowest BCUT2D eigenvalue weighted by Gasteiger charge is -2.46. The fraction of sp³-hybridized carbons (Fsp3) is 0.852. The maximum absolute atomic E-state index is 12.1. The number of amides is 1. The van der Waals surface area contributed by atoms with E-state index in [1.54, 1.807) is 18.8 Å². The number of ether oxygens (including phenoxy) is 1. The third kappa shape index (κ3) is 42.8. The zero-order valence-electron chi connectivity index (χ0n) is 50.3. The molecule has 1 amide bonds. The van der Waals surface area contributed by atoms with Crippen LogP contribution < -0.4 is 16.0 Å². The Bertz CT molecular complexity index is 1270. The predicted molar refractivity (Wildman–Crippen MR) is 310 cm³/mol. The third-order valence-corrected chi connectivity index (χ3v) is 13.5. The van der Waals surface area contributed by atoms with Gasteiger partial charge in [-0.25, -0.2) is 0 Å². The topological polar surface area (TPSA) is 177 Å². The van der Waals surface area contributed by atoms with Gasteiger partial charge in [0.25, 0.3) is 0 Å². The van der Waals surface area contributed by atoms with Crippen LogP contribution in [0.1, 0.15) is 232 Å². The molecule has 0 saturated heterocycles. The van der Waals surface area contributed by atoms with E-state index < -0.39 is 0 Å². The van der Waals surface area contributed by atoms with Crippen LogP contribution in [0.15, 0.2) is 36.1 Å². The van der Waals surface area contributed by atoms with Crippen LogP contribution in [0, 0.1) is 46.8 Å². The quantitative estimate of drug-likeness (QED) is 0.0280. The normalized spacial score (nSPS) is 21.5. The number of unbranched alkanes of at least 4 members (excludes halogenated alkanes) is 2. The molecule has 0 aromatic carbocycles. The first-order valence-electron chi connectivity index (χ1n) is 28.8. The highest BCUT2D eigenvalue weighted by atomic mass is 16.5. The lowest BCUT2D eigenvalue weighted by molar-refractivity contribution is -0.150. The van der Waals surface area contributed by atoms with Crippen molar-refractivity contribution >= 4 is 18.2 Å². The average molecular weight is 1030 g/mol. The number of likely N-dealkylation sites (N-methyl/N-ethyl adjacent to an activating group) is 1. The van der Waals surface area contributed by atoms with Gasteiger partial charge in [0, 0.05) is 53.4 Å². The van der Waals surface area contributed by atoms with E-state index in [1.807, 2.05) is 13.8 Å². The number of aliphatic hydroxyl groups is 4. The second kappa shape index (κ2) is 54.7. The number of aldehydes is 1. The van der Waals surface area contributed by atoms with Gasteiger partial charge < -0.3 is 45.9 Å². The summed E-state index contributed by atoms with van der Waals surface area (Å²) in [5.74, 6) is 5.19. The number of allylic oxidation sites excluding steroid dienone is 3. The maximum Gasteiger partial charge on any atom is 0.306 e. The van der Waals surface area contributed by atoms with E-state index in [9.17, 15) is 14.4 Å². The van der Waals surface area contributed by atoms with Crippen molar-refractivity contribution in [3.63, 3.8) is 0 Å². The van der Waals surface area contributed by atoms with E-state index in [2.05, 4.69) is 118 Å². The molecule has 430 valence electrons. The standard InChI is InChI=1S/C30H48O3.C12H25N3O.C6H14.C5H12O.C4H10O.C2H6.2CH4O/c1-22(2)9-5-6-11-25-15-17-28-27-16-14-23(3)21-26(33-29(32)13-8-20-31)12-7-10-24(27)18-19-30(25,28)4;1-5-14-8-7-11(13-4)12(16)15-9-6-10(2)3;1-4-5-6(2)3;1-5(2)3-4-6;1-2-3-4-5;3*1-2/h14,16,20,22,24-26,28H,5-13,15,17-19,21H2,1-4H3;5,10-11,13-14H,1,6-9H2,2-4H3,(H,15,16);6H,4-5H2,1-3H3;5-6H,3-4H2,1-2H3;5H,2-4H2,1H3;1-2H3;2*2H,1H3/b23-14+,27-16+;;;;;;;. The summed E-state index contributed by atoms with van der Waals surface area (Å²) in [6, 6.07) is -0.125. The molecule has 0 bridgehead atoms. The van der Waals surface area contributed by atoms with Crippen molar-refractivity contribution in [3.05, 3.63) is 36.1 Å². The minimum absolute atomic E-state index is 0.0501. The molecule has 3 rings (SSSR count). The first-order valence-corrected chi connectivity index (χ1v) is 28.8. The number of nitrogens with one attached hydrogen (secondary N) is 3. The number of fused-ring (bicyclic) bond motifs is 3. The van der Waals surface area contributed by atoms with E-state index in [0.29, 0.717) is 36.4 Å². The molecule has 0 aromatic heterocycles. The van der Waals surface area contributed by atoms with Crippen LogP contribution in [0.5, 0.6) is 0 Å². The number of carbonyl (C=O) groups excluding carboxylic acids is 3. The van der Waals surface area contributed by atoms with Gasteiger partial charge in [-0.1, -0.05) is 158 Å². The number of aliphatic hydroxyl groups excluding tert-OH is 4. The smallest absolute Gasteiger partial charge is 0.306 e. The van der Waals surface area contributed by atoms with Crippen LogP contribution in [0.4, 0.5) is 0 Å². The lowest BCUT2D eigenvalue weighted by Crippen LogP contribution is -2.44. The van der Waals surface area contributed by atoms with Crippen molar-refractivity contribution in [2.75, 3.05) is 47.6 Å². The molecule has 3 aliphatic carbocycles. The molecule has 0 heterocycles. The Kier molecular flexibility index (Phi) is 59.5. The molecule has 7 N–H and O–H groups in total. The summed E-state index contributed by atoms with van der Waals surface area (Å²) < 4.78 is 5.73. The molecule has 0 aliphatic heterocycles. The van der Waals surface area contributed by atoms with E-state index in [1.165, 1.54) is 76.2 Å². The Morgan fingerprint density at radius 1 is 0.778 bits per heavy atom. The highest BCUT2D eigenvalue weighted by Crippen LogP contribution is 2.60. The summed E-state index contributed by atoms with van der Waals surface area (Å²) in [5.41, 5.74) is 3.52. The van der Waals surface area contributed by atoms with Gasteiger partial charge in [0.15, 0.2) is 0 Å². The molecular weight excluding hydrogens is 903 g/mol. The summed E-state index contributed by atoms with van der Waals surface area (Å²) >= 11 is 0. The van der Waals surface area contributed by atoms with Crippen LogP contribution >= 0.6 is 0 Å². The molecule has 0 spiro atoms. The van der Waals surface area contributed by atoms with Crippen molar-refractivity contribution in [2.24, 2.45) is 46.8 Å². The molecule has 0 aromatic rings. The van der Waals surface area contributed by atoms with E-state index in [0.717, 1.165) is 109 Å². The van der Waals surface area contributed by atoms with Gasteiger partial charge in [0.2, 0.25) is 5.91 Å². The fourth-order valence-electron chi connectivity index (χ4n) is 9.37. The Hall–Kier alpha value is -2.57. The van der Waals surface area contributed by atoms with Crippen molar-refractivity contribution in [3.8, 4) is 0 Å². The largest absolute Gasteiger partial charge is 0.462 e. The van der Waals surface area contributed by atoms with Gasteiger partial charge in [-0.05, 0) is 144 Å². The van der Waals surface area contributed by atoms with Crippen molar-refractivity contribution < 1.29 is 39.5 Å². The van der Waals surface area contributed by atoms with Crippen LogP contribution in [0.3, 0.4) is 0 Å². The number of rotatable bonds is 24. The molecule has 3 aliphatic rings. The average Bonchev–Trinajstić information content (AvgIpc) is 3.68. The van der Waals surface area contributed by atoms with Crippen LogP contribution in [-0.2, 0) is 19.1 Å². The first-order chi connectivity index (χ1) is 34.4. The second-order valence-corrected chi connectivity index (χ2v) is 21.3. The zero-order chi connectivity index (χ0) is 56.3.